The van der Waals surface area contributed by atoms with Crippen molar-refractivity contribution < 1.29 is 19.4 Å². The number of ether oxygens (including phenoxy) is 1. The largest absolute Gasteiger partial charge is 0.497 e. The van der Waals surface area contributed by atoms with E-state index < -0.39 is 12.0 Å². The van der Waals surface area contributed by atoms with Crippen LogP contribution in [0.25, 0.3) is 11.1 Å². The molecule has 1 atom stereocenters. The lowest BCUT2D eigenvalue weighted by Gasteiger charge is -2.03. The highest BCUT2D eigenvalue weighted by Gasteiger charge is 2.09. The van der Waals surface area contributed by atoms with Crippen molar-refractivity contribution in [3.63, 3.8) is 0 Å². The van der Waals surface area contributed by atoms with Crippen molar-refractivity contribution in [1.29, 1.82) is 0 Å². The van der Waals surface area contributed by atoms with Crippen LogP contribution in [0.3, 0.4) is 0 Å². The number of benzene rings is 3. The number of carbonyl (C=O) groups excluding carboxylic acids is 1. The van der Waals surface area contributed by atoms with Gasteiger partial charge >= 0.3 is 5.97 Å². The Morgan fingerprint density at radius 3 is 1.97 bits per heavy atom. The first-order valence-corrected chi connectivity index (χ1v) is 11.1. The highest BCUT2D eigenvalue weighted by Crippen LogP contribution is 2.18. The number of carboxylic acids is 1. The molecule has 0 saturated carbocycles. The maximum Gasteiger partial charge on any atom is 0.320 e. The van der Waals surface area contributed by atoms with Gasteiger partial charge in [-0.2, -0.15) is 0 Å². The van der Waals surface area contributed by atoms with Crippen molar-refractivity contribution in [1.82, 2.24) is 0 Å². The molecule has 0 saturated heterocycles. The summed E-state index contributed by atoms with van der Waals surface area (Å²) in [5.41, 5.74) is 20.0. The van der Waals surface area contributed by atoms with Gasteiger partial charge in [0, 0.05) is 12.1 Å². The molecule has 3 aromatic rings. The van der Waals surface area contributed by atoms with Crippen LogP contribution in [0, 0.1) is 0 Å². The van der Waals surface area contributed by atoms with Gasteiger partial charge in [-0.05, 0) is 48.2 Å². The summed E-state index contributed by atoms with van der Waals surface area (Å²) >= 11 is 0. The Balaban J connectivity index is 0.000000262. The monoisotopic (exact) mass is 465 g/mol. The average Bonchev–Trinajstić information content (AvgIpc) is 2.90. The van der Waals surface area contributed by atoms with Gasteiger partial charge in [-0.15, -0.1) is 0 Å². The average molecular weight is 466 g/mol. The molecule has 7 heteroatoms. The third kappa shape index (κ3) is 11.4. The van der Waals surface area contributed by atoms with Crippen molar-refractivity contribution in [3.05, 3.63) is 90.0 Å². The zero-order valence-electron chi connectivity index (χ0n) is 19.6. The van der Waals surface area contributed by atoms with Crippen molar-refractivity contribution in [2.45, 2.75) is 31.8 Å². The Morgan fingerprint density at radius 2 is 1.50 bits per heavy atom. The molecule has 0 amide bonds. The maximum absolute atomic E-state index is 10.5. The summed E-state index contributed by atoms with van der Waals surface area (Å²) in [5.74, 6) is -0.0609. The number of carboxylic acid groups (broad SMARTS) is 1. The maximum atomic E-state index is 10.5. The molecule has 34 heavy (non-hydrogen) atoms. The third-order valence-corrected chi connectivity index (χ3v) is 4.84. The summed E-state index contributed by atoms with van der Waals surface area (Å²) in [6.07, 6.45) is 3.02. The van der Waals surface area contributed by atoms with Crippen LogP contribution in [0.1, 0.15) is 35.2 Å². The Hall–Kier alpha value is -3.52. The molecule has 0 bridgehead atoms. The van der Waals surface area contributed by atoms with E-state index in [0.717, 1.165) is 36.0 Å². The molecule has 0 fully saturated rings. The molecule has 0 aliphatic carbocycles. The highest BCUT2D eigenvalue weighted by atomic mass is 16.5. The van der Waals surface area contributed by atoms with Gasteiger partial charge in [-0.3, -0.25) is 9.59 Å². The standard InChI is InChI=1S/C13H10O.C8H11NO.C6H14N2O2/c14-10-11-6-8-13(9-7-11)12-4-2-1-3-5-12;1-10-8-4-2-7(6-9)3-5-8;7-4-2-1-3-5(8)6(9)10/h1-10H;2-5H,6,9H2,1H3;5H,1-4,7-8H2,(H,9,10)/t;;5-/m..0/s1. The first kappa shape index (κ1) is 28.5. The van der Waals surface area contributed by atoms with Gasteiger partial charge in [0.25, 0.3) is 0 Å². The summed E-state index contributed by atoms with van der Waals surface area (Å²) in [6, 6.07) is 24.7. The first-order chi connectivity index (χ1) is 16.4. The molecule has 0 radical (unpaired) electrons. The summed E-state index contributed by atoms with van der Waals surface area (Å²) in [4.78, 5) is 20.6. The lowest BCUT2D eigenvalue weighted by atomic mass is 10.0. The summed E-state index contributed by atoms with van der Waals surface area (Å²) < 4.78 is 4.97. The number of aliphatic carboxylic acids is 1. The molecule has 7 N–H and O–H groups in total. The van der Waals surface area contributed by atoms with Crippen molar-refractivity contribution in [2.24, 2.45) is 17.2 Å². The van der Waals surface area contributed by atoms with E-state index in [4.69, 9.17) is 27.0 Å². The van der Waals surface area contributed by atoms with Crippen LogP contribution in [0.4, 0.5) is 0 Å². The van der Waals surface area contributed by atoms with Crippen LogP contribution in [-0.2, 0) is 11.3 Å². The van der Waals surface area contributed by atoms with Gasteiger partial charge in [0.05, 0.1) is 7.11 Å². The van der Waals surface area contributed by atoms with E-state index in [-0.39, 0.29) is 0 Å². The number of methoxy groups -OCH3 is 1. The summed E-state index contributed by atoms with van der Waals surface area (Å²) in [7, 11) is 1.65. The number of hydrogen-bond acceptors (Lipinski definition) is 6. The van der Waals surface area contributed by atoms with E-state index in [9.17, 15) is 9.59 Å². The Bertz CT molecular complexity index is 923. The van der Waals surface area contributed by atoms with Gasteiger partial charge < -0.3 is 27.0 Å². The van der Waals surface area contributed by atoms with Gasteiger partial charge in [-0.1, -0.05) is 73.2 Å². The topological polar surface area (TPSA) is 142 Å². The molecule has 7 nitrogen and oxygen atoms in total. The van der Waals surface area contributed by atoms with Crippen molar-refractivity contribution in [3.8, 4) is 16.9 Å². The number of aldehydes is 1. The minimum atomic E-state index is -0.933. The molecule has 0 aliphatic rings. The van der Waals surface area contributed by atoms with Crippen LogP contribution in [-0.4, -0.2) is 37.1 Å². The summed E-state index contributed by atoms with van der Waals surface area (Å²) in [6.45, 7) is 1.19. The van der Waals surface area contributed by atoms with Crippen LogP contribution >= 0.6 is 0 Å². The molecule has 182 valence electrons. The zero-order chi connectivity index (χ0) is 25.2. The van der Waals surface area contributed by atoms with E-state index in [1.54, 1.807) is 7.11 Å². The van der Waals surface area contributed by atoms with Gasteiger partial charge in [0.2, 0.25) is 0 Å². The Morgan fingerprint density at radius 1 is 0.912 bits per heavy atom. The van der Waals surface area contributed by atoms with E-state index in [1.165, 1.54) is 5.56 Å². The predicted octanol–water partition coefficient (Wildman–Crippen LogP) is 3.85. The lowest BCUT2D eigenvalue weighted by molar-refractivity contribution is -0.138. The van der Waals surface area contributed by atoms with Gasteiger partial charge in [0.15, 0.2) is 0 Å². The summed E-state index contributed by atoms with van der Waals surface area (Å²) in [5, 5.41) is 8.33. The second-order valence-corrected chi connectivity index (χ2v) is 7.39. The van der Waals surface area contributed by atoms with Gasteiger partial charge in [-0.25, -0.2) is 0 Å². The number of nitrogens with two attached hydrogens (primary N) is 3. The Labute approximate surface area is 201 Å². The molecular weight excluding hydrogens is 430 g/mol. The van der Waals surface area contributed by atoms with E-state index in [2.05, 4.69) is 12.1 Å². The molecule has 0 unspecified atom stereocenters. The minimum absolute atomic E-state index is 0.520. The van der Waals surface area contributed by atoms with Crippen LogP contribution in [0.5, 0.6) is 5.75 Å². The zero-order valence-corrected chi connectivity index (χ0v) is 19.6. The van der Waals surface area contributed by atoms with Crippen LogP contribution in [0.15, 0.2) is 78.9 Å². The van der Waals surface area contributed by atoms with E-state index in [1.807, 2.05) is 66.7 Å². The fourth-order valence-electron chi connectivity index (χ4n) is 2.78. The van der Waals surface area contributed by atoms with Crippen LogP contribution < -0.4 is 21.9 Å². The number of carbonyl (C=O) groups is 2. The normalized spacial score (nSPS) is 10.6. The minimum Gasteiger partial charge on any atom is -0.497 e. The van der Waals surface area contributed by atoms with E-state index in [0.29, 0.717) is 25.1 Å². The van der Waals surface area contributed by atoms with Crippen molar-refractivity contribution >= 4 is 12.3 Å². The Kier molecular flexibility index (Phi) is 14.3. The SMILES string of the molecule is COc1ccc(CN)cc1.NCCCC[C@H](N)C(=O)O.O=Cc1ccc(-c2ccccc2)cc1. The van der Waals surface area contributed by atoms with E-state index >= 15 is 0 Å². The van der Waals surface area contributed by atoms with Crippen molar-refractivity contribution in [2.75, 3.05) is 13.7 Å². The third-order valence-electron chi connectivity index (χ3n) is 4.84. The first-order valence-electron chi connectivity index (χ1n) is 11.1. The molecular formula is C27H35N3O4. The molecule has 0 heterocycles. The van der Waals surface area contributed by atoms with Crippen LogP contribution in [0.2, 0.25) is 0 Å². The molecule has 3 aromatic carbocycles. The molecule has 3 rings (SSSR count). The van der Waals surface area contributed by atoms with Gasteiger partial charge in [0.1, 0.15) is 18.1 Å². The fourth-order valence-corrected chi connectivity index (χ4v) is 2.78. The lowest BCUT2D eigenvalue weighted by Crippen LogP contribution is -2.29. The quantitative estimate of drug-likeness (QED) is 0.278. The highest BCUT2D eigenvalue weighted by molar-refractivity contribution is 5.76. The fraction of sp³-hybridized carbons (Fsp3) is 0.259. The smallest absolute Gasteiger partial charge is 0.320 e. The number of unbranched alkanes of at least 4 members (excludes halogenated alkanes) is 1. The number of hydrogen-bond donors (Lipinski definition) is 4. The molecule has 0 aromatic heterocycles. The second kappa shape index (κ2) is 17.0. The predicted molar refractivity (Wildman–Crippen MR) is 137 cm³/mol. The second-order valence-electron chi connectivity index (χ2n) is 7.39. The molecule has 0 spiro atoms. The molecule has 0 aliphatic heterocycles. The number of rotatable bonds is 9.